The second kappa shape index (κ2) is 3.79. The standard InChI is InChI=1S/C11H10N2O/c12-11-7-6-10(14-11)8-13-9-4-2-1-3-5-9/h1-8H,12H2. The summed E-state index contributed by atoms with van der Waals surface area (Å²) in [4.78, 5) is 4.22. The molecule has 1 heterocycles. The highest BCUT2D eigenvalue weighted by Gasteiger charge is 1.93. The first-order chi connectivity index (χ1) is 6.84. The van der Waals surface area contributed by atoms with Gasteiger partial charge in [0.25, 0.3) is 0 Å². The number of anilines is 1. The normalized spacial score (nSPS) is 10.9. The van der Waals surface area contributed by atoms with E-state index in [0.29, 0.717) is 11.6 Å². The van der Waals surface area contributed by atoms with Crippen molar-refractivity contribution in [3.8, 4) is 0 Å². The molecule has 0 atom stereocenters. The summed E-state index contributed by atoms with van der Waals surface area (Å²) in [5.41, 5.74) is 6.31. The summed E-state index contributed by atoms with van der Waals surface area (Å²) in [7, 11) is 0. The Hall–Kier alpha value is -2.03. The van der Waals surface area contributed by atoms with Gasteiger partial charge < -0.3 is 10.2 Å². The molecular weight excluding hydrogens is 176 g/mol. The minimum absolute atomic E-state index is 0.402. The Morgan fingerprint density at radius 2 is 1.86 bits per heavy atom. The Morgan fingerprint density at radius 1 is 1.07 bits per heavy atom. The van der Waals surface area contributed by atoms with Crippen LogP contribution in [-0.4, -0.2) is 6.21 Å². The van der Waals surface area contributed by atoms with E-state index in [0.717, 1.165) is 5.69 Å². The van der Waals surface area contributed by atoms with E-state index in [1.54, 1.807) is 18.3 Å². The number of nitrogens with zero attached hydrogens (tertiary/aromatic N) is 1. The maximum absolute atomic E-state index is 5.42. The van der Waals surface area contributed by atoms with Crippen molar-refractivity contribution in [3.05, 3.63) is 48.2 Å². The van der Waals surface area contributed by atoms with Gasteiger partial charge in [0.15, 0.2) is 5.88 Å². The first-order valence-corrected chi connectivity index (χ1v) is 4.29. The Morgan fingerprint density at radius 3 is 2.50 bits per heavy atom. The molecule has 0 saturated carbocycles. The predicted molar refractivity (Wildman–Crippen MR) is 56.8 cm³/mol. The van der Waals surface area contributed by atoms with Crippen LogP contribution in [-0.2, 0) is 0 Å². The molecule has 2 N–H and O–H groups in total. The van der Waals surface area contributed by atoms with Crippen LogP contribution in [0.2, 0.25) is 0 Å². The zero-order valence-electron chi connectivity index (χ0n) is 7.55. The van der Waals surface area contributed by atoms with Gasteiger partial charge in [-0.25, -0.2) is 0 Å². The highest BCUT2D eigenvalue weighted by Crippen LogP contribution is 2.11. The molecule has 2 rings (SSSR count). The minimum Gasteiger partial charge on any atom is -0.440 e. The van der Waals surface area contributed by atoms with E-state index in [4.69, 9.17) is 10.2 Å². The first kappa shape index (κ1) is 8.56. The van der Waals surface area contributed by atoms with Crippen LogP contribution in [0, 0.1) is 0 Å². The molecule has 0 amide bonds. The monoisotopic (exact) mass is 186 g/mol. The number of rotatable bonds is 2. The third kappa shape index (κ3) is 2.01. The molecule has 0 aliphatic heterocycles. The number of para-hydroxylation sites is 1. The smallest absolute Gasteiger partial charge is 0.191 e. The lowest BCUT2D eigenvalue weighted by atomic mass is 10.3. The predicted octanol–water partition coefficient (Wildman–Crippen LogP) is 2.61. The average Bonchev–Trinajstić information content (AvgIpc) is 2.63. The lowest BCUT2D eigenvalue weighted by Gasteiger charge is -1.89. The van der Waals surface area contributed by atoms with Crippen molar-refractivity contribution in [2.75, 3.05) is 5.73 Å². The van der Waals surface area contributed by atoms with Gasteiger partial charge in [-0.3, -0.25) is 4.99 Å². The van der Waals surface area contributed by atoms with Gasteiger partial charge in [0.1, 0.15) is 5.76 Å². The van der Waals surface area contributed by atoms with Gasteiger partial charge in [-0.15, -0.1) is 0 Å². The van der Waals surface area contributed by atoms with Crippen molar-refractivity contribution < 1.29 is 4.42 Å². The molecule has 1 aromatic carbocycles. The van der Waals surface area contributed by atoms with Crippen molar-refractivity contribution in [1.82, 2.24) is 0 Å². The molecule has 0 fully saturated rings. The zero-order chi connectivity index (χ0) is 9.80. The van der Waals surface area contributed by atoms with Gasteiger partial charge in [-0.2, -0.15) is 0 Å². The van der Waals surface area contributed by atoms with Crippen molar-refractivity contribution in [2.45, 2.75) is 0 Å². The molecule has 0 spiro atoms. The largest absolute Gasteiger partial charge is 0.440 e. The number of aliphatic imine (C=N–C) groups is 1. The minimum atomic E-state index is 0.402. The molecule has 2 aromatic rings. The summed E-state index contributed by atoms with van der Waals surface area (Å²) in [6, 6.07) is 13.1. The maximum Gasteiger partial charge on any atom is 0.191 e. The van der Waals surface area contributed by atoms with Crippen LogP contribution in [0.25, 0.3) is 0 Å². The third-order valence-corrected chi connectivity index (χ3v) is 1.74. The topological polar surface area (TPSA) is 51.5 Å². The first-order valence-electron chi connectivity index (χ1n) is 4.29. The Labute approximate surface area is 81.9 Å². The summed E-state index contributed by atoms with van der Waals surface area (Å²) in [6.07, 6.45) is 1.64. The van der Waals surface area contributed by atoms with E-state index >= 15 is 0 Å². The summed E-state index contributed by atoms with van der Waals surface area (Å²) in [5.74, 6) is 1.06. The number of hydrogen-bond donors (Lipinski definition) is 1. The molecule has 1 aromatic heterocycles. The van der Waals surface area contributed by atoms with Gasteiger partial charge in [0, 0.05) is 6.07 Å². The zero-order valence-corrected chi connectivity index (χ0v) is 7.55. The highest BCUT2D eigenvalue weighted by atomic mass is 16.3. The lowest BCUT2D eigenvalue weighted by Crippen LogP contribution is -1.77. The average molecular weight is 186 g/mol. The van der Waals surface area contributed by atoms with Crippen molar-refractivity contribution in [3.63, 3.8) is 0 Å². The number of nitrogens with two attached hydrogens (primary N) is 1. The fraction of sp³-hybridized carbons (Fsp3) is 0. The van der Waals surface area contributed by atoms with E-state index in [2.05, 4.69) is 4.99 Å². The Bertz CT molecular complexity index is 432. The van der Waals surface area contributed by atoms with E-state index in [-0.39, 0.29) is 0 Å². The number of nitrogen functional groups attached to an aromatic ring is 1. The molecular formula is C11H10N2O. The molecule has 70 valence electrons. The molecule has 0 unspecified atom stereocenters. The molecule has 3 heteroatoms. The Balaban J connectivity index is 2.15. The molecule has 0 aliphatic carbocycles. The molecule has 0 bridgehead atoms. The summed E-state index contributed by atoms with van der Waals surface area (Å²) in [5, 5.41) is 0. The second-order valence-electron chi connectivity index (χ2n) is 2.83. The van der Waals surface area contributed by atoms with Crippen LogP contribution in [0.15, 0.2) is 51.9 Å². The summed E-state index contributed by atoms with van der Waals surface area (Å²) >= 11 is 0. The number of hydrogen-bond acceptors (Lipinski definition) is 3. The maximum atomic E-state index is 5.42. The van der Waals surface area contributed by atoms with Gasteiger partial charge in [-0.05, 0) is 18.2 Å². The van der Waals surface area contributed by atoms with Crippen molar-refractivity contribution in [2.24, 2.45) is 4.99 Å². The van der Waals surface area contributed by atoms with Crippen LogP contribution < -0.4 is 5.73 Å². The van der Waals surface area contributed by atoms with E-state index < -0.39 is 0 Å². The fourth-order valence-corrected chi connectivity index (χ4v) is 1.09. The van der Waals surface area contributed by atoms with Gasteiger partial charge in [-0.1, -0.05) is 18.2 Å². The summed E-state index contributed by atoms with van der Waals surface area (Å²) < 4.78 is 5.13. The molecule has 0 saturated heterocycles. The van der Waals surface area contributed by atoms with Crippen LogP contribution in [0.4, 0.5) is 11.6 Å². The van der Waals surface area contributed by atoms with Gasteiger partial charge >= 0.3 is 0 Å². The van der Waals surface area contributed by atoms with Crippen LogP contribution in [0.1, 0.15) is 5.76 Å². The fourth-order valence-electron chi connectivity index (χ4n) is 1.09. The Kier molecular flexibility index (Phi) is 2.32. The SMILES string of the molecule is Nc1ccc(C=Nc2ccccc2)o1. The number of furan rings is 1. The highest BCUT2D eigenvalue weighted by molar-refractivity contribution is 5.79. The summed E-state index contributed by atoms with van der Waals surface area (Å²) in [6.45, 7) is 0. The van der Waals surface area contributed by atoms with E-state index in [1.807, 2.05) is 30.3 Å². The van der Waals surface area contributed by atoms with E-state index in [9.17, 15) is 0 Å². The third-order valence-electron chi connectivity index (χ3n) is 1.74. The van der Waals surface area contributed by atoms with Crippen molar-refractivity contribution >= 4 is 17.8 Å². The molecule has 0 radical (unpaired) electrons. The lowest BCUT2D eigenvalue weighted by molar-refractivity contribution is 0.580. The molecule has 0 aliphatic rings. The molecule has 14 heavy (non-hydrogen) atoms. The van der Waals surface area contributed by atoms with Crippen LogP contribution >= 0.6 is 0 Å². The number of benzene rings is 1. The van der Waals surface area contributed by atoms with Crippen LogP contribution in [0.3, 0.4) is 0 Å². The second-order valence-corrected chi connectivity index (χ2v) is 2.83. The van der Waals surface area contributed by atoms with Gasteiger partial charge in [0.05, 0.1) is 11.9 Å². The van der Waals surface area contributed by atoms with E-state index in [1.165, 1.54) is 0 Å². The van der Waals surface area contributed by atoms with Crippen molar-refractivity contribution in [1.29, 1.82) is 0 Å². The van der Waals surface area contributed by atoms with Crippen LogP contribution in [0.5, 0.6) is 0 Å². The van der Waals surface area contributed by atoms with Gasteiger partial charge in [0.2, 0.25) is 0 Å². The quantitative estimate of drug-likeness (QED) is 0.733. The molecule has 3 nitrogen and oxygen atoms in total.